The van der Waals surface area contributed by atoms with Crippen LogP contribution in [0.2, 0.25) is 5.02 Å². The molecule has 1 fully saturated rings. The van der Waals surface area contributed by atoms with Gasteiger partial charge in [0.05, 0.1) is 11.6 Å². The third kappa shape index (κ3) is 3.99. The Balaban J connectivity index is 2.08. The first-order valence-electron chi connectivity index (χ1n) is 7.82. The second-order valence-electron chi connectivity index (χ2n) is 6.07. The molecule has 0 bridgehead atoms. The average molecular weight is 356 g/mol. The minimum Gasteiger partial charge on any atom is -0.481 e. The molecule has 2 unspecified atom stereocenters. The molecule has 1 amide bonds. The van der Waals surface area contributed by atoms with Crippen molar-refractivity contribution in [2.24, 2.45) is 5.41 Å². The number of hydrogen-bond donors (Lipinski definition) is 1. The van der Waals surface area contributed by atoms with Crippen LogP contribution in [0.3, 0.4) is 0 Å². The zero-order valence-electron chi connectivity index (χ0n) is 13.8. The van der Waals surface area contributed by atoms with Gasteiger partial charge in [0, 0.05) is 20.2 Å². The Morgan fingerprint density at radius 2 is 2.12 bits per heavy atom. The molecule has 1 N–H and O–H groups in total. The fraction of sp³-hybridized carbons (Fsp3) is 0.529. The van der Waals surface area contributed by atoms with Crippen LogP contribution in [0.15, 0.2) is 24.3 Å². The quantitative estimate of drug-likeness (QED) is 0.848. The molecule has 1 saturated heterocycles. The predicted molar refractivity (Wildman–Crippen MR) is 89.3 cm³/mol. The summed E-state index contributed by atoms with van der Waals surface area (Å²) in [6.45, 7) is 2.34. The van der Waals surface area contributed by atoms with Crippen molar-refractivity contribution in [2.75, 3.05) is 26.8 Å². The lowest BCUT2D eigenvalue weighted by Gasteiger charge is -2.40. The number of amides is 1. The van der Waals surface area contributed by atoms with Crippen molar-refractivity contribution in [2.45, 2.75) is 25.9 Å². The molecule has 24 heavy (non-hydrogen) atoms. The van der Waals surface area contributed by atoms with Gasteiger partial charge in [-0.05, 0) is 31.9 Å². The minimum absolute atomic E-state index is 0.0753. The SMILES string of the molecule is COCC1(C(=O)O)CCCN(C(=O)C(C)Oc2ccccc2Cl)C1. The average Bonchev–Trinajstić information content (AvgIpc) is 2.56. The number of carboxylic acids is 1. The number of carbonyl (C=O) groups excluding carboxylic acids is 1. The van der Waals surface area contributed by atoms with Gasteiger partial charge in [-0.2, -0.15) is 0 Å². The first-order valence-corrected chi connectivity index (χ1v) is 8.20. The Kier molecular flexibility index (Phi) is 6.07. The number of carbonyl (C=O) groups is 2. The molecule has 0 radical (unpaired) electrons. The molecule has 1 aromatic carbocycles. The molecule has 1 aliphatic rings. The summed E-state index contributed by atoms with van der Waals surface area (Å²) in [7, 11) is 1.47. The maximum absolute atomic E-state index is 12.7. The second-order valence-corrected chi connectivity index (χ2v) is 6.48. The van der Waals surface area contributed by atoms with Gasteiger partial charge in [-0.1, -0.05) is 23.7 Å². The Hall–Kier alpha value is -1.79. The van der Waals surface area contributed by atoms with E-state index in [1.54, 1.807) is 31.2 Å². The molecular weight excluding hydrogens is 334 g/mol. The van der Waals surface area contributed by atoms with Crippen LogP contribution >= 0.6 is 11.6 Å². The van der Waals surface area contributed by atoms with E-state index in [4.69, 9.17) is 21.1 Å². The normalized spacial score (nSPS) is 22.0. The third-order valence-corrected chi connectivity index (χ3v) is 4.56. The number of aliphatic carboxylic acids is 1. The van der Waals surface area contributed by atoms with Crippen LogP contribution in [0, 0.1) is 5.41 Å². The molecule has 2 atom stereocenters. The Morgan fingerprint density at radius 1 is 1.42 bits per heavy atom. The topological polar surface area (TPSA) is 76.1 Å². The summed E-state index contributed by atoms with van der Waals surface area (Å²) in [6, 6.07) is 6.92. The van der Waals surface area contributed by atoms with Crippen molar-refractivity contribution < 1.29 is 24.2 Å². The first kappa shape index (κ1) is 18.5. The fourth-order valence-electron chi connectivity index (χ4n) is 2.99. The molecule has 1 aromatic rings. The van der Waals surface area contributed by atoms with Gasteiger partial charge in [0.2, 0.25) is 0 Å². The molecule has 1 heterocycles. The number of para-hydroxylation sites is 1. The lowest BCUT2D eigenvalue weighted by atomic mass is 9.80. The lowest BCUT2D eigenvalue weighted by molar-refractivity contribution is -0.160. The Morgan fingerprint density at radius 3 is 2.75 bits per heavy atom. The van der Waals surface area contributed by atoms with Gasteiger partial charge in [0.25, 0.3) is 5.91 Å². The van der Waals surface area contributed by atoms with Crippen LogP contribution in [-0.2, 0) is 14.3 Å². The van der Waals surface area contributed by atoms with Crippen LogP contribution in [-0.4, -0.2) is 54.8 Å². The van der Waals surface area contributed by atoms with Crippen molar-refractivity contribution in [3.8, 4) is 5.75 Å². The molecule has 7 heteroatoms. The number of methoxy groups -OCH3 is 1. The third-order valence-electron chi connectivity index (χ3n) is 4.25. The van der Waals surface area contributed by atoms with E-state index in [1.165, 1.54) is 12.0 Å². The van der Waals surface area contributed by atoms with Gasteiger partial charge >= 0.3 is 5.97 Å². The second kappa shape index (κ2) is 7.85. The summed E-state index contributed by atoms with van der Waals surface area (Å²) in [5, 5.41) is 9.99. The van der Waals surface area contributed by atoms with Gasteiger partial charge in [-0.25, -0.2) is 0 Å². The summed E-state index contributed by atoms with van der Waals surface area (Å²) >= 11 is 6.04. The van der Waals surface area contributed by atoms with Gasteiger partial charge in [-0.3, -0.25) is 9.59 Å². The number of nitrogens with zero attached hydrogens (tertiary/aromatic N) is 1. The van der Waals surface area contributed by atoms with Crippen LogP contribution in [0.1, 0.15) is 19.8 Å². The van der Waals surface area contributed by atoms with Gasteiger partial charge in [0.15, 0.2) is 6.10 Å². The lowest BCUT2D eigenvalue weighted by Crippen LogP contribution is -2.54. The fourth-order valence-corrected chi connectivity index (χ4v) is 3.17. The molecule has 132 valence electrons. The number of halogens is 1. The standard InChI is InChI=1S/C17H22ClNO5/c1-12(24-14-7-4-3-6-13(14)18)15(20)19-9-5-8-17(10-19,11-23-2)16(21)22/h3-4,6-7,12H,5,8-11H2,1-2H3,(H,21,22). The predicted octanol–water partition coefficient (Wildman–Crippen LogP) is 2.45. The van der Waals surface area contributed by atoms with Crippen LogP contribution in [0.5, 0.6) is 5.75 Å². The maximum atomic E-state index is 12.7. The van der Waals surface area contributed by atoms with E-state index in [9.17, 15) is 14.7 Å². The molecule has 1 aliphatic heterocycles. The Labute approximate surface area is 146 Å². The van der Waals surface area contributed by atoms with Gasteiger partial charge in [-0.15, -0.1) is 0 Å². The van der Waals surface area contributed by atoms with Crippen molar-refractivity contribution in [1.29, 1.82) is 0 Å². The molecular formula is C17H22ClNO5. The van der Waals surface area contributed by atoms with Gasteiger partial charge in [0.1, 0.15) is 11.2 Å². The number of likely N-dealkylation sites (tertiary alicyclic amines) is 1. The number of benzene rings is 1. The van der Waals surface area contributed by atoms with Crippen molar-refractivity contribution in [3.05, 3.63) is 29.3 Å². The number of hydrogen-bond acceptors (Lipinski definition) is 4. The van der Waals surface area contributed by atoms with E-state index in [0.29, 0.717) is 30.2 Å². The van der Waals surface area contributed by atoms with E-state index < -0.39 is 17.5 Å². The van der Waals surface area contributed by atoms with Crippen molar-refractivity contribution in [1.82, 2.24) is 4.90 Å². The summed E-state index contributed by atoms with van der Waals surface area (Å²) in [4.78, 5) is 25.9. The van der Waals surface area contributed by atoms with E-state index in [2.05, 4.69) is 0 Å². The number of ether oxygens (including phenoxy) is 2. The molecule has 0 aromatic heterocycles. The van der Waals surface area contributed by atoms with E-state index in [0.717, 1.165) is 0 Å². The number of rotatable bonds is 6. The highest BCUT2D eigenvalue weighted by Gasteiger charge is 2.44. The zero-order valence-corrected chi connectivity index (χ0v) is 14.6. The summed E-state index contributed by atoms with van der Waals surface area (Å²) in [5.74, 6) is -0.767. The summed E-state index contributed by atoms with van der Waals surface area (Å²) in [6.07, 6.45) is 0.344. The highest BCUT2D eigenvalue weighted by atomic mass is 35.5. The van der Waals surface area contributed by atoms with Crippen molar-refractivity contribution in [3.63, 3.8) is 0 Å². The van der Waals surface area contributed by atoms with Crippen LogP contribution in [0.25, 0.3) is 0 Å². The summed E-state index contributed by atoms with van der Waals surface area (Å²) < 4.78 is 10.7. The van der Waals surface area contributed by atoms with Crippen LogP contribution < -0.4 is 4.74 Å². The molecule has 2 rings (SSSR count). The first-order chi connectivity index (χ1) is 11.4. The molecule has 0 saturated carbocycles. The van der Waals surface area contributed by atoms with Gasteiger partial charge < -0.3 is 19.5 Å². The van der Waals surface area contributed by atoms with E-state index in [1.807, 2.05) is 0 Å². The minimum atomic E-state index is -1.06. The maximum Gasteiger partial charge on any atom is 0.313 e. The molecule has 0 spiro atoms. The van der Waals surface area contributed by atoms with Crippen molar-refractivity contribution >= 4 is 23.5 Å². The highest BCUT2D eigenvalue weighted by Crippen LogP contribution is 2.32. The number of carboxylic acid groups (broad SMARTS) is 1. The smallest absolute Gasteiger partial charge is 0.313 e. The molecule has 6 nitrogen and oxygen atoms in total. The highest BCUT2D eigenvalue weighted by molar-refractivity contribution is 6.32. The Bertz CT molecular complexity index is 604. The summed E-state index contributed by atoms with van der Waals surface area (Å²) in [5.41, 5.74) is -1.06. The molecule has 0 aliphatic carbocycles. The van der Waals surface area contributed by atoms with E-state index in [-0.39, 0.29) is 19.1 Å². The van der Waals surface area contributed by atoms with E-state index >= 15 is 0 Å². The van der Waals surface area contributed by atoms with Crippen LogP contribution in [0.4, 0.5) is 0 Å². The zero-order chi connectivity index (χ0) is 17.7. The largest absolute Gasteiger partial charge is 0.481 e. The number of piperidine rings is 1. The monoisotopic (exact) mass is 355 g/mol.